The molecule has 0 atom stereocenters. The summed E-state index contributed by atoms with van der Waals surface area (Å²) in [5.74, 6) is -1.35. The molecule has 3 aromatic carbocycles. The lowest BCUT2D eigenvalue weighted by Gasteiger charge is -2.18. The lowest BCUT2D eigenvalue weighted by molar-refractivity contribution is -0.120. The quantitative estimate of drug-likeness (QED) is 0.567. The molecule has 150 valence electrons. The lowest BCUT2D eigenvalue weighted by Crippen LogP contribution is -2.33. The largest absolute Gasteiger partial charge is 0.350 e. The van der Waals surface area contributed by atoms with Gasteiger partial charge in [0.25, 0.3) is 11.8 Å². The van der Waals surface area contributed by atoms with Gasteiger partial charge in [-0.1, -0.05) is 41.9 Å². The summed E-state index contributed by atoms with van der Waals surface area (Å²) >= 11 is 6.04. The third-order valence-electron chi connectivity index (χ3n) is 5.02. The molecule has 3 aromatic rings. The number of carbonyl (C=O) groups excluding carboxylic acids is 2. The summed E-state index contributed by atoms with van der Waals surface area (Å²) in [5, 5.41) is 3.68. The van der Waals surface area contributed by atoms with Crippen molar-refractivity contribution >= 4 is 40.4 Å². The van der Waals surface area contributed by atoms with Crippen LogP contribution in [0.4, 0.5) is 15.8 Å². The lowest BCUT2D eigenvalue weighted by atomic mass is 10.0. The summed E-state index contributed by atoms with van der Waals surface area (Å²) in [6, 6.07) is 17.9. The molecule has 0 unspecified atom stereocenters. The van der Waals surface area contributed by atoms with Crippen molar-refractivity contribution in [2.24, 2.45) is 0 Å². The summed E-state index contributed by atoms with van der Waals surface area (Å²) < 4.78 is 13.5. The number of benzene rings is 3. The molecule has 1 N–H and O–H groups in total. The molecule has 0 spiro atoms. The van der Waals surface area contributed by atoms with Crippen molar-refractivity contribution in [3.8, 4) is 0 Å². The van der Waals surface area contributed by atoms with Gasteiger partial charge in [0.1, 0.15) is 11.5 Å². The average Bonchev–Trinajstić information content (AvgIpc) is 2.95. The van der Waals surface area contributed by atoms with Gasteiger partial charge < -0.3 is 5.32 Å². The second-order valence-corrected chi connectivity index (χ2v) is 7.51. The van der Waals surface area contributed by atoms with E-state index in [9.17, 15) is 14.0 Å². The van der Waals surface area contributed by atoms with Crippen molar-refractivity contribution in [2.45, 2.75) is 13.8 Å². The Morgan fingerprint density at radius 3 is 2.23 bits per heavy atom. The van der Waals surface area contributed by atoms with E-state index in [1.54, 1.807) is 30.3 Å². The highest BCUT2D eigenvalue weighted by Gasteiger charge is 2.40. The van der Waals surface area contributed by atoms with Crippen molar-refractivity contribution < 1.29 is 14.0 Å². The Morgan fingerprint density at radius 2 is 1.57 bits per heavy atom. The zero-order chi connectivity index (χ0) is 21.4. The normalized spacial score (nSPS) is 13.9. The average molecular weight is 421 g/mol. The van der Waals surface area contributed by atoms with Crippen LogP contribution in [0.15, 0.2) is 72.4 Å². The Bertz CT molecular complexity index is 1200. The van der Waals surface area contributed by atoms with Crippen LogP contribution in [0.3, 0.4) is 0 Å². The second kappa shape index (κ2) is 7.76. The summed E-state index contributed by atoms with van der Waals surface area (Å²) in [4.78, 5) is 27.9. The molecular weight excluding hydrogens is 403 g/mol. The Balaban J connectivity index is 1.86. The minimum absolute atomic E-state index is 0.139. The van der Waals surface area contributed by atoms with Crippen LogP contribution in [-0.2, 0) is 9.59 Å². The van der Waals surface area contributed by atoms with Crippen LogP contribution in [-0.4, -0.2) is 11.8 Å². The highest BCUT2D eigenvalue weighted by molar-refractivity contribution is 6.46. The van der Waals surface area contributed by atoms with E-state index >= 15 is 0 Å². The van der Waals surface area contributed by atoms with E-state index in [1.165, 1.54) is 24.3 Å². The van der Waals surface area contributed by atoms with Crippen LogP contribution in [0.5, 0.6) is 0 Å². The number of anilines is 2. The van der Waals surface area contributed by atoms with E-state index in [0.29, 0.717) is 22.0 Å². The first-order chi connectivity index (χ1) is 14.4. The molecule has 4 rings (SSSR count). The van der Waals surface area contributed by atoms with Gasteiger partial charge in [-0.05, 0) is 66.9 Å². The Morgan fingerprint density at radius 1 is 0.867 bits per heavy atom. The third-order valence-corrected chi connectivity index (χ3v) is 5.26. The number of para-hydroxylation sites is 1. The van der Waals surface area contributed by atoms with E-state index in [-0.39, 0.29) is 11.3 Å². The van der Waals surface area contributed by atoms with Crippen LogP contribution in [0.1, 0.15) is 16.7 Å². The standard InChI is InChI=1S/C24H18ClFN2O2/c1-14-5-3-4-6-20(14)28-23(29)21(16-7-10-18(26)11-8-16)22(24(28)30)27-19-12-9-17(25)13-15(19)2/h3-13,27H,1-2H3. The molecule has 30 heavy (non-hydrogen) atoms. The number of halogens is 2. The predicted octanol–water partition coefficient (Wildman–Crippen LogP) is 5.49. The second-order valence-electron chi connectivity index (χ2n) is 7.07. The number of nitrogens with zero attached hydrogens (tertiary/aromatic N) is 1. The molecule has 0 aliphatic carbocycles. The maximum Gasteiger partial charge on any atom is 0.282 e. The SMILES string of the molecule is Cc1cc(Cl)ccc1NC1=C(c2ccc(F)cc2)C(=O)N(c2ccccc2C)C1=O. The van der Waals surface area contributed by atoms with Gasteiger partial charge in [0.15, 0.2) is 0 Å². The minimum atomic E-state index is -0.469. The third kappa shape index (κ3) is 3.48. The summed E-state index contributed by atoms with van der Waals surface area (Å²) in [5.41, 5.74) is 3.57. The van der Waals surface area contributed by atoms with Crippen LogP contribution < -0.4 is 10.2 Å². The van der Waals surface area contributed by atoms with Gasteiger partial charge in [0, 0.05) is 10.7 Å². The number of nitrogens with one attached hydrogen (secondary N) is 1. The van der Waals surface area contributed by atoms with Gasteiger partial charge in [-0.2, -0.15) is 0 Å². The zero-order valence-corrected chi connectivity index (χ0v) is 17.1. The van der Waals surface area contributed by atoms with E-state index in [0.717, 1.165) is 16.0 Å². The van der Waals surface area contributed by atoms with E-state index in [4.69, 9.17) is 11.6 Å². The van der Waals surface area contributed by atoms with Gasteiger partial charge >= 0.3 is 0 Å². The van der Waals surface area contributed by atoms with Crippen molar-refractivity contribution in [1.29, 1.82) is 0 Å². The molecule has 0 saturated carbocycles. The van der Waals surface area contributed by atoms with E-state index in [2.05, 4.69) is 5.32 Å². The summed E-state index contributed by atoms with van der Waals surface area (Å²) in [6.45, 7) is 3.69. The minimum Gasteiger partial charge on any atom is -0.350 e. The molecule has 0 fully saturated rings. The number of rotatable bonds is 4. The van der Waals surface area contributed by atoms with Gasteiger partial charge in [0.2, 0.25) is 0 Å². The van der Waals surface area contributed by atoms with Crippen LogP contribution in [0.25, 0.3) is 5.57 Å². The first-order valence-electron chi connectivity index (χ1n) is 9.34. The molecule has 4 nitrogen and oxygen atoms in total. The molecule has 6 heteroatoms. The van der Waals surface area contributed by atoms with Crippen LogP contribution >= 0.6 is 11.6 Å². The molecule has 0 saturated heterocycles. The van der Waals surface area contributed by atoms with E-state index in [1.807, 2.05) is 26.0 Å². The fourth-order valence-electron chi connectivity index (χ4n) is 3.47. The highest BCUT2D eigenvalue weighted by Crippen LogP contribution is 2.35. The van der Waals surface area contributed by atoms with Crippen molar-refractivity contribution in [3.05, 3.63) is 100.0 Å². The maximum absolute atomic E-state index is 13.5. The first-order valence-corrected chi connectivity index (χ1v) is 9.72. The topological polar surface area (TPSA) is 49.4 Å². The molecule has 1 aliphatic rings. The van der Waals surface area contributed by atoms with Crippen molar-refractivity contribution in [3.63, 3.8) is 0 Å². The van der Waals surface area contributed by atoms with Crippen LogP contribution in [0, 0.1) is 19.7 Å². The summed E-state index contributed by atoms with van der Waals surface area (Å²) in [7, 11) is 0. The molecule has 0 aromatic heterocycles. The molecule has 1 heterocycles. The zero-order valence-electron chi connectivity index (χ0n) is 16.4. The monoisotopic (exact) mass is 420 g/mol. The fraction of sp³-hybridized carbons (Fsp3) is 0.0833. The van der Waals surface area contributed by atoms with Crippen molar-refractivity contribution in [2.75, 3.05) is 10.2 Å². The predicted molar refractivity (Wildman–Crippen MR) is 117 cm³/mol. The maximum atomic E-state index is 13.5. The number of hydrogen-bond donors (Lipinski definition) is 1. The highest BCUT2D eigenvalue weighted by atomic mass is 35.5. The first kappa shape index (κ1) is 19.9. The number of hydrogen-bond acceptors (Lipinski definition) is 3. The molecule has 0 radical (unpaired) electrons. The smallest absolute Gasteiger partial charge is 0.282 e. The summed E-state index contributed by atoms with van der Waals surface area (Å²) in [6.07, 6.45) is 0. The number of amides is 2. The fourth-order valence-corrected chi connectivity index (χ4v) is 3.69. The van der Waals surface area contributed by atoms with Crippen molar-refractivity contribution in [1.82, 2.24) is 0 Å². The van der Waals surface area contributed by atoms with E-state index < -0.39 is 17.6 Å². The molecular formula is C24H18ClFN2O2. The van der Waals surface area contributed by atoms with Gasteiger partial charge in [-0.15, -0.1) is 0 Å². The number of carbonyl (C=O) groups is 2. The Kier molecular flexibility index (Phi) is 5.14. The van der Waals surface area contributed by atoms with Crippen LogP contribution in [0.2, 0.25) is 5.02 Å². The van der Waals surface area contributed by atoms with Gasteiger partial charge in [-0.25, -0.2) is 9.29 Å². The number of imide groups is 1. The molecule has 2 amide bonds. The number of aryl methyl sites for hydroxylation is 2. The Hall–Kier alpha value is -3.44. The molecule has 1 aliphatic heterocycles. The van der Waals surface area contributed by atoms with Gasteiger partial charge in [-0.3, -0.25) is 9.59 Å². The van der Waals surface area contributed by atoms with Gasteiger partial charge in [0.05, 0.1) is 11.3 Å². The molecule has 0 bridgehead atoms. The Labute approximate surface area is 178 Å².